The van der Waals surface area contributed by atoms with Crippen LogP contribution in [0.4, 0.5) is 0 Å². The maximum absolute atomic E-state index is 11.2. The normalized spacial score (nSPS) is 20.8. The van der Waals surface area contributed by atoms with Gasteiger partial charge in [0.25, 0.3) is 0 Å². The first-order chi connectivity index (χ1) is 5.66. The Bertz CT molecular complexity index is 162. The fourth-order valence-electron chi connectivity index (χ4n) is 1.84. The molecule has 0 saturated heterocycles. The van der Waals surface area contributed by atoms with Crippen molar-refractivity contribution in [1.82, 2.24) is 5.32 Å². The highest BCUT2D eigenvalue weighted by atomic mass is 16.1. The number of amides is 1. The van der Waals surface area contributed by atoms with Gasteiger partial charge in [0.05, 0.1) is 0 Å². The summed E-state index contributed by atoms with van der Waals surface area (Å²) in [6.07, 6.45) is 4.86. The smallest absolute Gasteiger partial charge is 0.221 e. The van der Waals surface area contributed by atoms with Crippen molar-refractivity contribution in [2.24, 2.45) is 5.73 Å². The molecule has 1 rings (SSSR count). The lowest BCUT2D eigenvalue weighted by atomic mass is 9.94. The van der Waals surface area contributed by atoms with Gasteiger partial charge in [-0.15, -0.1) is 0 Å². The minimum absolute atomic E-state index is 0.0990. The first-order valence-electron chi connectivity index (χ1n) is 4.72. The maximum Gasteiger partial charge on any atom is 0.221 e. The van der Waals surface area contributed by atoms with E-state index in [4.69, 9.17) is 5.73 Å². The Balaban J connectivity index is 2.33. The third-order valence-corrected chi connectivity index (χ3v) is 2.49. The number of nitrogens with one attached hydrogen (secondary N) is 1. The van der Waals surface area contributed by atoms with Crippen molar-refractivity contribution in [3.63, 3.8) is 0 Å². The van der Waals surface area contributed by atoms with Gasteiger partial charge in [-0.2, -0.15) is 0 Å². The predicted molar refractivity (Wildman–Crippen MR) is 48.7 cm³/mol. The lowest BCUT2D eigenvalue weighted by Crippen LogP contribution is -2.42. The topological polar surface area (TPSA) is 55.1 Å². The maximum atomic E-state index is 11.2. The number of rotatable bonds is 3. The highest BCUT2D eigenvalue weighted by Gasteiger charge is 2.31. The molecule has 0 bridgehead atoms. The Morgan fingerprint density at radius 3 is 2.58 bits per heavy atom. The van der Waals surface area contributed by atoms with E-state index in [1.165, 1.54) is 12.8 Å². The van der Waals surface area contributed by atoms with Crippen molar-refractivity contribution in [3.05, 3.63) is 0 Å². The van der Waals surface area contributed by atoms with Crippen molar-refractivity contribution in [2.45, 2.75) is 44.6 Å². The van der Waals surface area contributed by atoms with Crippen molar-refractivity contribution in [2.75, 3.05) is 6.54 Å². The molecule has 0 aromatic carbocycles. The van der Waals surface area contributed by atoms with E-state index in [9.17, 15) is 4.79 Å². The first-order valence-corrected chi connectivity index (χ1v) is 4.72. The second-order valence-electron chi connectivity index (χ2n) is 3.70. The van der Waals surface area contributed by atoms with E-state index in [1.807, 2.05) is 6.92 Å². The van der Waals surface area contributed by atoms with Gasteiger partial charge < -0.3 is 11.1 Å². The molecule has 70 valence electrons. The fourth-order valence-corrected chi connectivity index (χ4v) is 1.84. The molecule has 3 nitrogen and oxygen atoms in total. The summed E-state index contributed by atoms with van der Waals surface area (Å²) < 4.78 is 0. The van der Waals surface area contributed by atoms with E-state index in [1.54, 1.807) is 0 Å². The fraction of sp³-hybridized carbons (Fsp3) is 0.889. The highest BCUT2D eigenvalue weighted by Crippen LogP contribution is 2.29. The molecule has 0 spiro atoms. The van der Waals surface area contributed by atoms with E-state index in [0.717, 1.165) is 12.8 Å². The summed E-state index contributed by atoms with van der Waals surface area (Å²) in [4.78, 5) is 11.2. The van der Waals surface area contributed by atoms with Crippen LogP contribution in [0.3, 0.4) is 0 Å². The number of hydrogen-bond donors (Lipinski definition) is 2. The van der Waals surface area contributed by atoms with E-state index in [0.29, 0.717) is 13.0 Å². The molecule has 0 aliphatic heterocycles. The summed E-state index contributed by atoms with van der Waals surface area (Å²) in [5.74, 6) is 0.0990. The predicted octanol–water partition coefficient (Wildman–Crippen LogP) is 0.784. The molecular weight excluding hydrogens is 152 g/mol. The van der Waals surface area contributed by atoms with Gasteiger partial charge in [-0.1, -0.05) is 12.8 Å². The number of carbonyl (C=O) groups excluding carboxylic acids is 1. The van der Waals surface area contributed by atoms with Gasteiger partial charge in [-0.25, -0.2) is 0 Å². The Morgan fingerprint density at radius 2 is 2.08 bits per heavy atom. The Kier molecular flexibility index (Phi) is 3.09. The van der Waals surface area contributed by atoms with Gasteiger partial charge in [-0.05, 0) is 19.8 Å². The minimum atomic E-state index is -0.195. The van der Waals surface area contributed by atoms with Crippen LogP contribution < -0.4 is 11.1 Å². The third kappa shape index (κ3) is 2.48. The van der Waals surface area contributed by atoms with Crippen molar-refractivity contribution in [1.29, 1.82) is 0 Å². The molecule has 1 aliphatic carbocycles. The van der Waals surface area contributed by atoms with Gasteiger partial charge in [0.1, 0.15) is 0 Å². The monoisotopic (exact) mass is 170 g/mol. The molecule has 12 heavy (non-hydrogen) atoms. The Labute approximate surface area is 73.7 Å². The minimum Gasteiger partial charge on any atom is -0.356 e. The molecule has 0 radical (unpaired) electrons. The van der Waals surface area contributed by atoms with E-state index >= 15 is 0 Å². The SMILES string of the molecule is CCNC(=O)CC1(N)CCCC1. The molecule has 3 heteroatoms. The number of nitrogens with two attached hydrogens (primary N) is 1. The van der Waals surface area contributed by atoms with Crippen LogP contribution in [0.25, 0.3) is 0 Å². The largest absolute Gasteiger partial charge is 0.356 e. The average molecular weight is 170 g/mol. The summed E-state index contributed by atoms with van der Waals surface area (Å²) >= 11 is 0. The quantitative estimate of drug-likeness (QED) is 0.657. The zero-order valence-corrected chi connectivity index (χ0v) is 7.73. The Hall–Kier alpha value is -0.570. The van der Waals surface area contributed by atoms with Crippen LogP contribution >= 0.6 is 0 Å². The zero-order valence-electron chi connectivity index (χ0n) is 7.73. The van der Waals surface area contributed by atoms with Gasteiger partial charge in [0.2, 0.25) is 5.91 Å². The van der Waals surface area contributed by atoms with Crippen LogP contribution in [0.5, 0.6) is 0 Å². The van der Waals surface area contributed by atoms with E-state index < -0.39 is 0 Å². The van der Waals surface area contributed by atoms with Crippen LogP contribution in [0.15, 0.2) is 0 Å². The molecule has 3 N–H and O–H groups in total. The number of carbonyl (C=O) groups is 1. The second kappa shape index (κ2) is 3.90. The molecule has 0 aromatic rings. The zero-order chi connectivity index (χ0) is 9.03. The summed E-state index contributed by atoms with van der Waals surface area (Å²) in [6.45, 7) is 2.63. The molecular formula is C9H18N2O. The van der Waals surface area contributed by atoms with Crippen LogP contribution in [-0.4, -0.2) is 18.0 Å². The third-order valence-electron chi connectivity index (χ3n) is 2.49. The molecule has 0 heterocycles. The van der Waals surface area contributed by atoms with Gasteiger partial charge >= 0.3 is 0 Å². The van der Waals surface area contributed by atoms with E-state index in [2.05, 4.69) is 5.32 Å². The lowest BCUT2D eigenvalue weighted by molar-refractivity contribution is -0.122. The van der Waals surface area contributed by atoms with Crippen LogP contribution in [0.1, 0.15) is 39.0 Å². The van der Waals surface area contributed by atoms with Gasteiger partial charge in [-0.3, -0.25) is 4.79 Å². The van der Waals surface area contributed by atoms with Crippen LogP contribution in [0.2, 0.25) is 0 Å². The van der Waals surface area contributed by atoms with Crippen molar-refractivity contribution >= 4 is 5.91 Å². The summed E-state index contributed by atoms with van der Waals surface area (Å²) in [5, 5.41) is 2.78. The summed E-state index contributed by atoms with van der Waals surface area (Å²) in [5.41, 5.74) is 5.83. The first kappa shape index (κ1) is 9.52. The second-order valence-corrected chi connectivity index (χ2v) is 3.70. The molecule has 1 amide bonds. The van der Waals surface area contributed by atoms with Gasteiger partial charge in [0, 0.05) is 18.5 Å². The molecule has 0 atom stereocenters. The van der Waals surface area contributed by atoms with E-state index in [-0.39, 0.29) is 11.4 Å². The van der Waals surface area contributed by atoms with Crippen LogP contribution in [0, 0.1) is 0 Å². The lowest BCUT2D eigenvalue weighted by Gasteiger charge is -2.22. The standard InChI is InChI=1S/C9H18N2O/c1-2-11-8(12)7-9(10)5-3-4-6-9/h2-7,10H2,1H3,(H,11,12). The number of hydrogen-bond acceptors (Lipinski definition) is 2. The summed E-state index contributed by atoms with van der Waals surface area (Å²) in [7, 11) is 0. The molecule has 1 fully saturated rings. The van der Waals surface area contributed by atoms with Crippen molar-refractivity contribution < 1.29 is 4.79 Å². The summed E-state index contributed by atoms with van der Waals surface area (Å²) in [6, 6.07) is 0. The average Bonchev–Trinajstić information content (AvgIpc) is 2.36. The Morgan fingerprint density at radius 1 is 1.50 bits per heavy atom. The molecule has 0 aromatic heterocycles. The molecule has 1 aliphatic rings. The molecule has 0 unspecified atom stereocenters. The van der Waals surface area contributed by atoms with Crippen molar-refractivity contribution in [3.8, 4) is 0 Å². The molecule has 1 saturated carbocycles. The van der Waals surface area contributed by atoms with Crippen LogP contribution in [-0.2, 0) is 4.79 Å². The van der Waals surface area contributed by atoms with Gasteiger partial charge in [0.15, 0.2) is 0 Å². The highest BCUT2D eigenvalue weighted by molar-refractivity contribution is 5.77.